The van der Waals surface area contributed by atoms with Crippen molar-refractivity contribution in [1.29, 1.82) is 0 Å². The quantitative estimate of drug-likeness (QED) is 0.901. The van der Waals surface area contributed by atoms with E-state index < -0.39 is 0 Å². The van der Waals surface area contributed by atoms with Gasteiger partial charge in [-0.25, -0.2) is 4.79 Å². The highest BCUT2D eigenvalue weighted by atomic mass is 16.6. The Balaban J connectivity index is 1.63. The first kappa shape index (κ1) is 13.4. The van der Waals surface area contributed by atoms with E-state index in [4.69, 9.17) is 4.74 Å². The maximum absolute atomic E-state index is 12.4. The average Bonchev–Trinajstić information content (AvgIpc) is 2.95. The summed E-state index contributed by atoms with van der Waals surface area (Å²) in [5.74, 6) is 0. The van der Waals surface area contributed by atoms with Gasteiger partial charge in [0.15, 0.2) is 0 Å². The maximum atomic E-state index is 12.4. The zero-order valence-electron chi connectivity index (χ0n) is 11.8. The minimum absolute atomic E-state index is 0.133. The number of carbonyl (C=O) groups is 1. The third-order valence-corrected chi connectivity index (χ3v) is 4.39. The Labute approximate surface area is 120 Å². The van der Waals surface area contributed by atoms with E-state index >= 15 is 0 Å². The molecule has 1 aromatic rings. The average molecular weight is 274 g/mol. The highest BCUT2D eigenvalue weighted by Crippen LogP contribution is 2.33. The first-order chi connectivity index (χ1) is 9.80. The van der Waals surface area contributed by atoms with Gasteiger partial charge < -0.3 is 4.74 Å². The van der Waals surface area contributed by atoms with Gasteiger partial charge in [-0.1, -0.05) is 30.3 Å². The lowest BCUT2D eigenvalue weighted by Crippen LogP contribution is -2.60. The molecular weight excluding hydrogens is 252 g/mol. The lowest BCUT2D eigenvalue weighted by Gasteiger charge is -2.44. The zero-order valence-corrected chi connectivity index (χ0v) is 11.8. The van der Waals surface area contributed by atoms with Crippen molar-refractivity contribution in [3.63, 3.8) is 0 Å². The monoisotopic (exact) mass is 274 g/mol. The first-order valence-corrected chi connectivity index (χ1v) is 7.54. The summed E-state index contributed by atoms with van der Waals surface area (Å²) in [7, 11) is 0. The second kappa shape index (κ2) is 5.83. The van der Waals surface area contributed by atoms with Crippen LogP contribution in [-0.2, 0) is 11.3 Å². The third-order valence-electron chi connectivity index (χ3n) is 4.39. The van der Waals surface area contributed by atoms with E-state index in [-0.39, 0.29) is 11.8 Å². The molecule has 108 valence electrons. The molecule has 1 atom stereocenters. The van der Waals surface area contributed by atoms with Gasteiger partial charge in [0.2, 0.25) is 0 Å². The summed E-state index contributed by atoms with van der Waals surface area (Å²) in [6.07, 6.45) is 5.32. The molecule has 20 heavy (non-hydrogen) atoms. The molecule has 0 radical (unpaired) electrons. The van der Waals surface area contributed by atoms with E-state index in [9.17, 15) is 4.79 Å². The summed E-state index contributed by atoms with van der Waals surface area (Å²) in [5, 5.41) is 3.53. The molecule has 0 bridgehead atoms. The summed E-state index contributed by atoms with van der Waals surface area (Å²) in [6.45, 7) is 2.16. The van der Waals surface area contributed by atoms with Crippen LogP contribution in [0.15, 0.2) is 30.3 Å². The SMILES string of the molecule is O=C(OCc1ccccc1)N1CCCCC12CCCN2. The van der Waals surface area contributed by atoms with E-state index in [1.54, 1.807) is 0 Å². The van der Waals surface area contributed by atoms with Crippen molar-refractivity contribution in [3.05, 3.63) is 35.9 Å². The number of carbonyl (C=O) groups excluding carboxylic acids is 1. The molecule has 4 nitrogen and oxygen atoms in total. The molecule has 1 N–H and O–H groups in total. The van der Waals surface area contributed by atoms with E-state index in [1.807, 2.05) is 35.2 Å². The van der Waals surface area contributed by atoms with Gasteiger partial charge in [-0.3, -0.25) is 10.2 Å². The molecule has 2 fully saturated rings. The molecule has 2 heterocycles. The number of benzene rings is 1. The molecule has 2 aliphatic rings. The second-order valence-electron chi connectivity index (χ2n) is 5.71. The molecule has 1 spiro atoms. The number of nitrogens with one attached hydrogen (secondary N) is 1. The molecule has 3 rings (SSSR count). The summed E-state index contributed by atoms with van der Waals surface area (Å²) in [6, 6.07) is 9.85. The van der Waals surface area contributed by atoms with Crippen molar-refractivity contribution >= 4 is 6.09 Å². The number of nitrogens with zero attached hydrogens (tertiary/aromatic N) is 1. The number of likely N-dealkylation sites (tertiary alicyclic amines) is 1. The standard InChI is InChI=1S/C16H22N2O2/c19-15(20-13-14-7-2-1-3-8-14)18-12-5-4-9-16(18)10-6-11-17-16/h1-3,7-8,17H,4-6,9-13H2. The predicted octanol–water partition coefficient (Wildman–Crippen LogP) is 2.89. The van der Waals surface area contributed by atoms with Gasteiger partial charge in [0, 0.05) is 6.54 Å². The summed E-state index contributed by atoms with van der Waals surface area (Å²) in [4.78, 5) is 14.3. The van der Waals surface area contributed by atoms with Crippen molar-refractivity contribution < 1.29 is 9.53 Å². The van der Waals surface area contributed by atoms with Crippen molar-refractivity contribution in [2.45, 2.75) is 44.4 Å². The minimum atomic E-state index is -0.178. The van der Waals surface area contributed by atoms with Crippen LogP contribution in [0.5, 0.6) is 0 Å². The predicted molar refractivity (Wildman–Crippen MR) is 77.2 cm³/mol. The van der Waals surface area contributed by atoms with Crippen LogP contribution in [0.3, 0.4) is 0 Å². The van der Waals surface area contributed by atoms with Crippen molar-refractivity contribution in [2.75, 3.05) is 13.1 Å². The van der Waals surface area contributed by atoms with Gasteiger partial charge in [-0.05, 0) is 44.2 Å². The van der Waals surface area contributed by atoms with Crippen LogP contribution >= 0.6 is 0 Å². The lowest BCUT2D eigenvalue weighted by molar-refractivity contribution is 0.0153. The zero-order chi connectivity index (χ0) is 13.8. The first-order valence-electron chi connectivity index (χ1n) is 7.54. The molecule has 1 unspecified atom stereocenters. The molecular formula is C16H22N2O2. The molecule has 1 amide bonds. The van der Waals surface area contributed by atoms with Crippen LogP contribution in [0.1, 0.15) is 37.7 Å². The van der Waals surface area contributed by atoms with Crippen molar-refractivity contribution in [3.8, 4) is 0 Å². The van der Waals surface area contributed by atoms with Gasteiger partial charge in [0.1, 0.15) is 6.61 Å². The Hall–Kier alpha value is -1.55. The van der Waals surface area contributed by atoms with Crippen LogP contribution < -0.4 is 5.32 Å². The fourth-order valence-electron chi connectivity index (χ4n) is 3.33. The molecule has 0 aromatic heterocycles. The third kappa shape index (κ3) is 2.66. The fourth-order valence-corrected chi connectivity index (χ4v) is 3.33. The van der Waals surface area contributed by atoms with Gasteiger partial charge in [0.05, 0.1) is 5.66 Å². The molecule has 0 saturated carbocycles. The summed E-state index contributed by atoms with van der Waals surface area (Å²) < 4.78 is 5.50. The smallest absolute Gasteiger partial charge is 0.411 e. The van der Waals surface area contributed by atoms with E-state index in [0.29, 0.717) is 6.61 Å². The van der Waals surface area contributed by atoms with Crippen molar-refractivity contribution in [1.82, 2.24) is 10.2 Å². The highest BCUT2D eigenvalue weighted by molar-refractivity contribution is 5.69. The molecule has 1 aromatic carbocycles. The molecule has 0 aliphatic carbocycles. The Morgan fingerprint density at radius 3 is 2.75 bits per heavy atom. The van der Waals surface area contributed by atoms with Crippen LogP contribution in [0.4, 0.5) is 4.79 Å². The number of ether oxygens (including phenoxy) is 1. The van der Waals surface area contributed by atoms with E-state index in [0.717, 1.165) is 44.3 Å². The molecule has 2 saturated heterocycles. The van der Waals surface area contributed by atoms with Crippen LogP contribution in [0.25, 0.3) is 0 Å². The Morgan fingerprint density at radius 1 is 1.20 bits per heavy atom. The minimum Gasteiger partial charge on any atom is -0.445 e. The van der Waals surface area contributed by atoms with Crippen LogP contribution in [0, 0.1) is 0 Å². The Bertz CT molecular complexity index is 455. The van der Waals surface area contributed by atoms with E-state index in [2.05, 4.69) is 5.32 Å². The van der Waals surface area contributed by atoms with Crippen LogP contribution in [0.2, 0.25) is 0 Å². The number of piperidine rings is 1. The number of hydrogen-bond acceptors (Lipinski definition) is 3. The maximum Gasteiger partial charge on any atom is 0.411 e. The largest absolute Gasteiger partial charge is 0.445 e. The number of amides is 1. The number of rotatable bonds is 2. The fraction of sp³-hybridized carbons (Fsp3) is 0.562. The lowest BCUT2D eigenvalue weighted by atomic mass is 9.94. The topological polar surface area (TPSA) is 41.6 Å². The molecule has 4 heteroatoms. The Morgan fingerprint density at radius 2 is 2.00 bits per heavy atom. The Kier molecular flexibility index (Phi) is 3.92. The normalized spacial score (nSPS) is 25.9. The second-order valence-corrected chi connectivity index (χ2v) is 5.71. The molecule has 2 aliphatic heterocycles. The van der Waals surface area contributed by atoms with E-state index in [1.165, 1.54) is 6.42 Å². The van der Waals surface area contributed by atoms with Crippen LogP contribution in [-0.4, -0.2) is 29.7 Å². The van der Waals surface area contributed by atoms with Gasteiger partial charge in [-0.15, -0.1) is 0 Å². The van der Waals surface area contributed by atoms with Gasteiger partial charge in [-0.2, -0.15) is 0 Å². The summed E-state index contributed by atoms with van der Waals surface area (Å²) in [5.41, 5.74) is 0.901. The van der Waals surface area contributed by atoms with Gasteiger partial charge in [0.25, 0.3) is 0 Å². The summed E-state index contributed by atoms with van der Waals surface area (Å²) >= 11 is 0. The highest BCUT2D eigenvalue weighted by Gasteiger charge is 2.44. The van der Waals surface area contributed by atoms with Crippen molar-refractivity contribution in [2.24, 2.45) is 0 Å². The number of hydrogen-bond donors (Lipinski definition) is 1. The van der Waals surface area contributed by atoms with Gasteiger partial charge >= 0.3 is 6.09 Å².